The van der Waals surface area contributed by atoms with Gasteiger partial charge in [0.25, 0.3) is 0 Å². The van der Waals surface area contributed by atoms with Crippen LogP contribution in [0.1, 0.15) is 33.3 Å². The van der Waals surface area contributed by atoms with Gasteiger partial charge in [-0.2, -0.15) is 0 Å². The first-order chi connectivity index (χ1) is 16.7. The summed E-state index contributed by atoms with van der Waals surface area (Å²) in [6, 6.07) is 7.77. The van der Waals surface area contributed by atoms with Crippen molar-refractivity contribution in [3.63, 3.8) is 0 Å². The number of hydrogen-bond donors (Lipinski definition) is 4. The number of carbonyl (C=O) groups is 1. The Bertz CT molecular complexity index is 1350. The number of aliphatic hydroxyl groups excluding tert-OH is 1. The van der Waals surface area contributed by atoms with Crippen molar-refractivity contribution in [2.45, 2.75) is 44.4 Å². The average Bonchev–Trinajstić information content (AvgIpc) is 2.76. The number of pyridine rings is 3. The fourth-order valence-electron chi connectivity index (χ4n) is 3.10. The number of hydrogen-bond acceptors (Lipinski definition) is 10. The van der Waals surface area contributed by atoms with Crippen molar-refractivity contribution in [2.24, 2.45) is 0 Å². The summed E-state index contributed by atoms with van der Waals surface area (Å²) >= 11 is 0. The summed E-state index contributed by atoms with van der Waals surface area (Å²) in [6.45, 7) is 6.15. The minimum Gasteiger partial charge on any atom is -0.491 e. The van der Waals surface area contributed by atoms with Crippen LogP contribution >= 0.6 is 0 Å². The highest BCUT2D eigenvalue weighted by atomic mass is 32.2. The molecule has 0 aliphatic heterocycles. The molecule has 36 heavy (non-hydrogen) atoms. The van der Waals surface area contributed by atoms with Crippen LogP contribution in [0.5, 0.6) is 5.75 Å². The number of sulfone groups is 1. The molecular formula is C24H29N5O6S. The Morgan fingerprint density at radius 3 is 2.42 bits per heavy atom. The summed E-state index contributed by atoms with van der Waals surface area (Å²) in [6.07, 6.45) is 3.32. The Labute approximate surface area is 209 Å². The molecule has 11 nitrogen and oxygen atoms in total. The smallest absolute Gasteiger partial charge is 0.222 e. The Kier molecular flexibility index (Phi) is 7.92. The fourth-order valence-corrected chi connectivity index (χ4v) is 3.69. The van der Waals surface area contributed by atoms with E-state index in [9.17, 15) is 23.4 Å². The first kappa shape index (κ1) is 27.0. The fraction of sp³-hybridized carbons (Fsp3) is 0.333. The molecule has 3 aromatic heterocycles. The Hall–Kier alpha value is -3.61. The van der Waals surface area contributed by atoms with Crippen LogP contribution in [0.15, 0.2) is 47.8 Å². The highest BCUT2D eigenvalue weighted by molar-refractivity contribution is 7.90. The normalized spacial score (nSPS) is 12.6. The van der Waals surface area contributed by atoms with Crippen molar-refractivity contribution in [1.82, 2.24) is 15.0 Å². The van der Waals surface area contributed by atoms with Crippen molar-refractivity contribution in [1.29, 1.82) is 0 Å². The van der Waals surface area contributed by atoms with Gasteiger partial charge in [-0.05, 0) is 26.8 Å². The molecule has 192 valence electrons. The third-order valence-corrected chi connectivity index (χ3v) is 5.83. The van der Waals surface area contributed by atoms with Gasteiger partial charge < -0.3 is 25.6 Å². The molecule has 0 saturated carbocycles. The van der Waals surface area contributed by atoms with Gasteiger partial charge in [0.1, 0.15) is 24.0 Å². The third-order valence-electron chi connectivity index (χ3n) is 4.86. The molecule has 0 aliphatic rings. The van der Waals surface area contributed by atoms with Crippen LogP contribution in [0.4, 0.5) is 17.3 Å². The highest BCUT2D eigenvalue weighted by Crippen LogP contribution is 2.32. The van der Waals surface area contributed by atoms with Crippen molar-refractivity contribution in [2.75, 3.05) is 23.5 Å². The summed E-state index contributed by atoms with van der Waals surface area (Å²) in [5.41, 5.74) is 1.02. The van der Waals surface area contributed by atoms with Gasteiger partial charge in [-0.3, -0.25) is 9.78 Å². The molecule has 4 N–H and O–H groups in total. The summed E-state index contributed by atoms with van der Waals surface area (Å²) in [7, 11) is -3.68. The van der Waals surface area contributed by atoms with Crippen molar-refractivity contribution in [3.8, 4) is 17.0 Å². The molecule has 0 radical (unpaired) electrons. The lowest BCUT2D eigenvalue weighted by molar-refractivity contribution is -0.114. The second-order valence-corrected chi connectivity index (χ2v) is 10.8. The number of anilines is 3. The van der Waals surface area contributed by atoms with Crippen LogP contribution < -0.4 is 15.4 Å². The molecule has 3 heterocycles. The molecule has 1 amide bonds. The van der Waals surface area contributed by atoms with Crippen LogP contribution in [0.25, 0.3) is 11.3 Å². The predicted molar refractivity (Wildman–Crippen MR) is 135 cm³/mol. The largest absolute Gasteiger partial charge is 0.491 e. The topological polar surface area (TPSA) is 164 Å². The molecule has 3 aromatic rings. The van der Waals surface area contributed by atoms with E-state index in [1.165, 1.54) is 25.3 Å². The molecule has 0 spiro atoms. The summed E-state index contributed by atoms with van der Waals surface area (Å²) in [4.78, 5) is 24.5. The van der Waals surface area contributed by atoms with Crippen LogP contribution in [-0.2, 0) is 20.2 Å². The van der Waals surface area contributed by atoms with Crippen molar-refractivity contribution in [3.05, 3.63) is 48.3 Å². The quantitative estimate of drug-likeness (QED) is 0.333. The van der Waals surface area contributed by atoms with Gasteiger partial charge in [0.05, 0.1) is 23.1 Å². The number of carbonyl (C=O) groups excluding carboxylic acids is 1. The second kappa shape index (κ2) is 10.6. The first-order valence-corrected chi connectivity index (χ1v) is 12.9. The van der Waals surface area contributed by atoms with Crippen LogP contribution in [0.2, 0.25) is 0 Å². The number of ether oxygens (including phenoxy) is 1. The number of amides is 1. The zero-order valence-electron chi connectivity index (χ0n) is 20.6. The minimum absolute atomic E-state index is 0.0443. The number of nitrogens with one attached hydrogen (secondary N) is 2. The lowest BCUT2D eigenvalue weighted by Crippen LogP contribution is -2.15. The lowest BCUT2D eigenvalue weighted by Gasteiger charge is -2.18. The predicted octanol–water partition coefficient (Wildman–Crippen LogP) is 2.63. The maximum atomic E-state index is 12.2. The molecule has 1 unspecified atom stereocenters. The number of rotatable bonds is 9. The van der Waals surface area contributed by atoms with Crippen LogP contribution in [0.3, 0.4) is 0 Å². The zero-order chi connectivity index (χ0) is 26.7. The van der Waals surface area contributed by atoms with Gasteiger partial charge in [-0.25, -0.2) is 18.4 Å². The Morgan fingerprint density at radius 1 is 1.14 bits per heavy atom. The maximum Gasteiger partial charge on any atom is 0.222 e. The lowest BCUT2D eigenvalue weighted by atomic mass is 9.99. The van der Waals surface area contributed by atoms with Gasteiger partial charge >= 0.3 is 0 Å². The Morgan fingerprint density at radius 2 is 1.86 bits per heavy atom. The highest BCUT2D eigenvalue weighted by Gasteiger charge is 2.19. The molecule has 0 aliphatic carbocycles. The van der Waals surface area contributed by atoms with Gasteiger partial charge in [-0.15, -0.1) is 0 Å². The van der Waals surface area contributed by atoms with E-state index in [0.717, 1.165) is 6.26 Å². The van der Waals surface area contributed by atoms with E-state index in [-0.39, 0.29) is 34.9 Å². The van der Waals surface area contributed by atoms with E-state index < -0.39 is 21.5 Å². The third kappa shape index (κ3) is 7.20. The van der Waals surface area contributed by atoms with E-state index in [0.29, 0.717) is 22.5 Å². The van der Waals surface area contributed by atoms with E-state index in [1.807, 2.05) is 0 Å². The number of aliphatic hydroxyl groups is 2. The van der Waals surface area contributed by atoms with E-state index in [2.05, 4.69) is 25.6 Å². The van der Waals surface area contributed by atoms with Crippen LogP contribution in [-0.4, -0.2) is 58.5 Å². The molecule has 0 saturated heterocycles. The SMILES string of the molecule is CC(=O)Nc1cc(Nc2cc(OCC(C)O)cc(S(C)(=O)=O)n2)c(-c2ccc(C(C)(C)O)cn2)cn1. The van der Waals surface area contributed by atoms with Crippen molar-refractivity contribution < 1.29 is 28.2 Å². The molecule has 1 atom stereocenters. The monoisotopic (exact) mass is 515 g/mol. The number of aromatic nitrogens is 3. The van der Waals surface area contributed by atoms with Crippen LogP contribution in [0, 0.1) is 0 Å². The number of nitrogens with zero attached hydrogens (tertiary/aromatic N) is 3. The molecule has 12 heteroatoms. The standard InChI is InChI=1S/C24H29N5O6S/c1-14(30)13-35-17-8-22(29-23(9-17)36(5,33)34)28-20-10-21(27-15(2)31)26-12-18(20)19-7-6-16(11-25-19)24(3,4)32/h6-12,14,30,32H,13H2,1-5H3,(H2,26,27,28,29,31). The van der Waals surface area contributed by atoms with Gasteiger partial charge in [0.2, 0.25) is 5.91 Å². The van der Waals surface area contributed by atoms with Crippen molar-refractivity contribution >= 4 is 33.1 Å². The van der Waals surface area contributed by atoms with E-state index in [4.69, 9.17) is 4.74 Å². The summed E-state index contributed by atoms with van der Waals surface area (Å²) in [5.74, 6) is 0.276. The molecule has 0 bridgehead atoms. The van der Waals surface area contributed by atoms with Gasteiger partial charge in [0.15, 0.2) is 14.9 Å². The zero-order valence-corrected chi connectivity index (χ0v) is 21.4. The van der Waals surface area contributed by atoms with E-state index >= 15 is 0 Å². The molecule has 0 aromatic carbocycles. The first-order valence-electron chi connectivity index (χ1n) is 11.0. The molecule has 3 rings (SSSR count). The van der Waals surface area contributed by atoms with Gasteiger partial charge in [-0.1, -0.05) is 6.07 Å². The second-order valence-electron chi connectivity index (χ2n) is 8.87. The van der Waals surface area contributed by atoms with E-state index in [1.54, 1.807) is 45.2 Å². The molecular weight excluding hydrogens is 486 g/mol. The summed E-state index contributed by atoms with van der Waals surface area (Å²) in [5, 5.41) is 25.2. The molecule has 0 fully saturated rings. The Balaban J connectivity index is 2.09. The van der Waals surface area contributed by atoms with Gasteiger partial charge in [0, 0.05) is 54.9 Å². The average molecular weight is 516 g/mol. The minimum atomic E-state index is -3.68. The summed E-state index contributed by atoms with van der Waals surface area (Å²) < 4.78 is 30.0. The maximum absolute atomic E-state index is 12.2.